The molecule has 0 aromatic carbocycles. The summed E-state index contributed by atoms with van der Waals surface area (Å²) in [6.45, 7) is 3.04. The molecule has 0 aliphatic carbocycles. The third-order valence-corrected chi connectivity index (χ3v) is 2.66. The van der Waals surface area contributed by atoms with Crippen LogP contribution in [0.3, 0.4) is 0 Å². The third-order valence-electron chi connectivity index (χ3n) is 2.66. The highest BCUT2D eigenvalue weighted by molar-refractivity contribution is 5.30. The fourth-order valence-electron chi connectivity index (χ4n) is 1.83. The smallest absolute Gasteiger partial charge is 0.192 e. The molecule has 1 aliphatic rings. The lowest BCUT2D eigenvalue weighted by Crippen LogP contribution is -2.24. The normalized spacial score (nSPS) is 19.4. The molecule has 2 rings (SSSR count). The summed E-state index contributed by atoms with van der Waals surface area (Å²) in [6.07, 6.45) is 5.21. The lowest BCUT2D eigenvalue weighted by atomic mass is 10.2. The number of nitrogens with two attached hydrogens (primary N) is 1. The maximum absolute atomic E-state index is 5.60. The summed E-state index contributed by atoms with van der Waals surface area (Å²) in [6, 6.07) is 0. The first-order valence-electron chi connectivity index (χ1n) is 5.15. The molecule has 1 aromatic rings. The highest BCUT2D eigenvalue weighted by atomic mass is 16.6. The van der Waals surface area contributed by atoms with Crippen molar-refractivity contribution in [2.45, 2.75) is 32.2 Å². The molecule has 1 fully saturated rings. The van der Waals surface area contributed by atoms with E-state index in [0.717, 1.165) is 25.3 Å². The molecule has 1 aliphatic heterocycles. The lowest BCUT2D eigenvalue weighted by molar-refractivity contribution is 0.257. The molecule has 5 heteroatoms. The number of hydrogen-bond donors (Lipinski definition) is 1. The van der Waals surface area contributed by atoms with Gasteiger partial charge in [-0.1, -0.05) is 18.0 Å². The second-order valence-corrected chi connectivity index (χ2v) is 3.79. The summed E-state index contributed by atoms with van der Waals surface area (Å²) in [5.74, 6) is 0.425. The van der Waals surface area contributed by atoms with Crippen molar-refractivity contribution in [2.24, 2.45) is 0 Å². The lowest BCUT2D eigenvalue weighted by Gasteiger charge is -2.17. The molecule has 5 nitrogen and oxygen atoms in total. The average Bonchev–Trinajstić information content (AvgIpc) is 2.44. The topological polar surface area (TPSA) is 68.2 Å². The molecule has 0 amide bonds. The number of nitrogens with zero attached hydrogens (tertiary/aromatic N) is 3. The molecule has 2 N–H and O–H groups in total. The molecule has 0 spiro atoms. The molecule has 1 aromatic heterocycles. The van der Waals surface area contributed by atoms with Crippen LogP contribution in [0.1, 0.15) is 31.4 Å². The summed E-state index contributed by atoms with van der Waals surface area (Å²) in [4.78, 5) is 2.36. The monoisotopic (exact) mass is 196 g/mol. The fourth-order valence-corrected chi connectivity index (χ4v) is 1.83. The number of aromatic nitrogens is 2. The molecule has 0 saturated carbocycles. The zero-order chi connectivity index (χ0) is 9.80. The van der Waals surface area contributed by atoms with Gasteiger partial charge in [-0.2, -0.15) is 0 Å². The van der Waals surface area contributed by atoms with E-state index in [1.165, 1.54) is 25.7 Å². The number of anilines is 1. The molecular weight excluding hydrogens is 180 g/mol. The van der Waals surface area contributed by atoms with Gasteiger partial charge in [-0.25, -0.2) is 4.63 Å². The van der Waals surface area contributed by atoms with Crippen molar-refractivity contribution in [1.82, 2.24) is 15.2 Å². The van der Waals surface area contributed by atoms with Gasteiger partial charge in [-0.3, -0.25) is 4.90 Å². The Morgan fingerprint density at radius 1 is 1.14 bits per heavy atom. The molecule has 0 radical (unpaired) electrons. The first-order chi connectivity index (χ1) is 6.86. The standard InChI is InChI=1S/C9H16N4O/c10-9-8(11-14-12-9)7-13-5-3-1-2-4-6-13/h1-7H2,(H2,10,12). The van der Waals surface area contributed by atoms with Gasteiger partial charge in [0.05, 0.1) is 0 Å². The molecule has 78 valence electrons. The minimum atomic E-state index is 0.425. The summed E-state index contributed by atoms with van der Waals surface area (Å²) in [5.41, 5.74) is 6.37. The highest BCUT2D eigenvalue weighted by Gasteiger charge is 2.13. The zero-order valence-corrected chi connectivity index (χ0v) is 8.28. The van der Waals surface area contributed by atoms with Crippen molar-refractivity contribution in [2.75, 3.05) is 18.8 Å². The maximum Gasteiger partial charge on any atom is 0.192 e. The Bertz CT molecular complexity index is 278. The SMILES string of the molecule is Nc1nonc1CN1CCCCCC1. The molecule has 0 bridgehead atoms. The Hall–Kier alpha value is -1.10. The number of nitrogen functional groups attached to an aromatic ring is 1. The molecule has 14 heavy (non-hydrogen) atoms. The minimum absolute atomic E-state index is 0.425. The predicted octanol–water partition coefficient (Wildman–Crippen LogP) is 1.03. The maximum atomic E-state index is 5.60. The van der Waals surface area contributed by atoms with Crippen LogP contribution in [-0.4, -0.2) is 28.3 Å². The van der Waals surface area contributed by atoms with Crippen molar-refractivity contribution in [3.63, 3.8) is 0 Å². The number of likely N-dealkylation sites (tertiary alicyclic amines) is 1. The van der Waals surface area contributed by atoms with Crippen molar-refractivity contribution in [3.8, 4) is 0 Å². The minimum Gasteiger partial charge on any atom is -0.379 e. The van der Waals surface area contributed by atoms with Crippen LogP contribution in [0.25, 0.3) is 0 Å². The van der Waals surface area contributed by atoms with Crippen LogP contribution in [0.2, 0.25) is 0 Å². The van der Waals surface area contributed by atoms with Crippen LogP contribution < -0.4 is 5.73 Å². The van der Waals surface area contributed by atoms with Crippen LogP contribution >= 0.6 is 0 Å². The molecular formula is C9H16N4O. The Labute approximate surface area is 83.2 Å². The quantitative estimate of drug-likeness (QED) is 0.765. The van der Waals surface area contributed by atoms with Gasteiger partial charge in [0.2, 0.25) is 0 Å². The molecule has 1 saturated heterocycles. The molecule has 0 unspecified atom stereocenters. The Balaban J connectivity index is 1.92. The second kappa shape index (κ2) is 4.41. The van der Waals surface area contributed by atoms with E-state index >= 15 is 0 Å². The van der Waals surface area contributed by atoms with Crippen molar-refractivity contribution in [3.05, 3.63) is 5.69 Å². The van der Waals surface area contributed by atoms with Crippen LogP contribution in [0, 0.1) is 0 Å². The Morgan fingerprint density at radius 2 is 1.86 bits per heavy atom. The van der Waals surface area contributed by atoms with Gasteiger partial charge in [-0.05, 0) is 31.1 Å². The third kappa shape index (κ3) is 2.23. The largest absolute Gasteiger partial charge is 0.379 e. The van der Waals surface area contributed by atoms with Gasteiger partial charge in [0.1, 0.15) is 5.69 Å². The van der Waals surface area contributed by atoms with E-state index in [1.807, 2.05) is 0 Å². The first kappa shape index (κ1) is 9.45. The van der Waals surface area contributed by atoms with Crippen molar-refractivity contribution in [1.29, 1.82) is 0 Å². The van der Waals surface area contributed by atoms with Gasteiger partial charge < -0.3 is 5.73 Å². The van der Waals surface area contributed by atoms with Crippen LogP contribution in [0.5, 0.6) is 0 Å². The van der Waals surface area contributed by atoms with Crippen LogP contribution in [0.15, 0.2) is 4.63 Å². The summed E-state index contributed by atoms with van der Waals surface area (Å²) >= 11 is 0. The van der Waals surface area contributed by atoms with E-state index in [4.69, 9.17) is 5.73 Å². The van der Waals surface area contributed by atoms with E-state index in [0.29, 0.717) is 5.82 Å². The summed E-state index contributed by atoms with van der Waals surface area (Å²) in [7, 11) is 0. The van der Waals surface area contributed by atoms with E-state index in [9.17, 15) is 0 Å². The first-order valence-corrected chi connectivity index (χ1v) is 5.15. The summed E-state index contributed by atoms with van der Waals surface area (Å²) in [5, 5.41) is 7.36. The zero-order valence-electron chi connectivity index (χ0n) is 8.28. The summed E-state index contributed by atoms with van der Waals surface area (Å²) < 4.78 is 4.57. The average molecular weight is 196 g/mol. The van der Waals surface area contributed by atoms with Gasteiger partial charge in [0, 0.05) is 6.54 Å². The van der Waals surface area contributed by atoms with Crippen molar-refractivity contribution < 1.29 is 4.63 Å². The van der Waals surface area contributed by atoms with E-state index in [-0.39, 0.29) is 0 Å². The number of hydrogen-bond acceptors (Lipinski definition) is 5. The van der Waals surface area contributed by atoms with Crippen LogP contribution in [-0.2, 0) is 6.54 Å². The highest BCUT2D eigenvalue weighted by Crippen LogP contribution is 2.14. The van der Waals surface area contributed by atoms with Crippen LogP contribution in [0.4, 0.5) is 5.82 Å². The van der Waals surface area contributed by atoms with E-state index in [2.05, 4.69) is 19.8 Å². The van der Waals surface area contributed by atoms with Crippen molar-refractivity contribution >= 4 is 5.82 Å². The van der Waals surface area contributed by atoms with E-state index < -0.39 is 0 Å². The van der Waals surface area contributed by atoms with E-state index in [1.54, 1.807) is 0 Å². The Morgan fingerprint density at radius 3 is 2.43 bits per heavy atom. The second-order valence-electron chi connectivity index (χ2n) is 3.79. The van der Waals surface area contributed by atoms with Gasteiger partial charge >= 0.3 is 0 Å². The van der Waals surface area contributed by atoms with Gasteiger partial charge in [-0.15, -0.1) is 0 Å². The number of rotatable bonds is 2. The molecule has 0 atom stereocenters. The molecule has 2 heterocycles. The van der Waals surface area contributed by atoms with Gasteiger partial charge in [0.25, 0.3) is 0 Å². The predicted molar refractivity (Wildman–Crippen MR) is 52.5 cm³/mol. The Kier molecular flexibility index (Phi) is 2.98. The fraction of sp³-hybridized carbons (Fsp3) is 0.778. The van der Waals surface area contributed by atoms with Gasteiger partial charge in [0.15, 0.2) is 5.82 Å².